The molecule has 0 amide bonds. The molecule has 130 valence electrons. The fourth-order valence-corrected chi connectivity index (χ4v) is 3.03. The number of imidazole rings is 1. The maximum Gasteiger partial charge on any atom is 0.248 e. The van der Waals surface area contributed by atoms with E-state index in [4.69, 9.17) is 10.5 Å². The zero-order valence-corrected chi connectivity index (χ0v) is 14.1. The molecule has 0 aliphatic heterocycles. The first kappa shape index (κ1) is 15.3. The van der Waals surface area contributed by atoms with Gasteiger partial charge in [0, 0.05) is 11.6 Å². The minimum Gasteiger partial charge on any atom is -0.435 e. The van der Waals surface area contributed by atoms with E-state index in [1.807, 2.05) is 59.2 Å². The molecule has 5 aromatic rings. The van der Waals surface area contributed by atoms with Gasteiger partial charge in [0.05, 0.1) is 11.0 Å². The molecule has 7 heteroatoms. The van der Waals surface area contributed by atoms with Crippen molar-refractivity contribution in [3.63, 3.8) is 0 Å². The first-order valence-electron chi connectivity index (χ1n) is 8.36. The van der Waals surface area contributed by atoms with Crippen molar-refractivity contribution >= 4 is 27.6 Å². The number of pyridine rings is 1. The summed E-state index contributed by atoms with van der Waals surface area (Å²) in [6, 6.07) is 17.3. The lowest BCUT2D eigenvalue weighted by Crippen LogP contribution is -2.05. The van der Waals surface area contributed by atoms with Crippen molar-refractivity contribution < 1.29 is 4.74 Å². The molecule has 27 heavy (non-hydrogen) atoms. The minimum absolute atomic E-state index is 0.274. The van der Waals surface area contributed by atoms with Gasteiger partial charge in [-0.05, 0) is 24.3 Å². The van der Waals surface area contributed by atoms with Crippen LogP contribution in [0.1, 0.15) is 0 Å². The van der Waals surface area contributed by atoms with Crippen LogP contribution in [0.5, 0.6) is 11.6 Å². The fourth-order valence-electron chi connectivity index (χ4n) is 3.03. The Bertz CT molecular complexity index is 1270. The Kier molecular flexibility index (Phi) is 3.43. The standard InChI is InChI=1S/C20H14N6O/c21-17-19(26-12-25-14-7-1-2-8-15(14)26)23-11-24-20(17)27-16-9-3-5-13-6-4-10-22-18(13)16/h1-12H,21H2. The molecule has 0 aliphatic rings. The summed E-state index contributed by atoms with van der Waals surface area (Å²) >= 11 is 0. The van der Waals surface area contributed by atoms with Gasteiger partial charge in [-0.3, -0.25) is 9.55 Å². The van der Waals surface area contributed by atoms with Crippen molar-refractivity contribution in [2.45, 2.75) is 0 Å². The van der Waals surface area contributed by atoms with Gasteiger partial charge in [-0.2, -0.15) is 4.98 Å². The smallest absolute Gasteiger partial charge is 0.248 e. The van der Waals surface area contributed by atoms with Crippen molar-refractivity contribution in [2.24, 2.45) is 0 Å². The van der Waals surface area contributed by atoms with Gasteiger partial charge in [0.25, 0.3) is 0 Å². The van der Waals surface area contributed by atoms with Crippen LogP contribution in [-0.2, 0) is 0 Å². The lowest BCUT2D eigenvalue weighted by atomic mass is 10.2. The zero-order valence-electron chi connectivity index (χ0n) is 14.1. The molecule has 2 N–H and O–H groups in total. The number of nitrogens with two attached hydrogens (primary N) is 1. The Morgan fingerprint density at radius 2 is 1.74 bits per heavy atom. The predicted octanol–water partition coefficient (Wildman–Crippen LogP) is 3.74. The molecule has 0 aliphatic carbocycles. The summed E-state index contributed by atoms with van der Waals surface area (Å²) in [5.74, 6) is 1.37. The molecule has 0 bridgehead atoms. The van der Waals surface area contributed by atoms with Crippen LogP contribution in [0.15, 0.2) is 73.4 Å². The Hall–Kier alpha value is -4.00. The van der Waals surface area contributed by atoms with Gasteiger partial charge in [0.15, 0.2) is 11.6 Å². The second-order valence-corrected chi connectivity index (χ2v) is 5.95. The van der Waals surface area contributed by atoms with Crippen LogP contribution in [0.2, 0.25) is 0 Å². The summed E-state index contributed by atoms with van der Waals surface area (Å²) in [7, 11) is 0. The molecular weight excluding hydrogens is 340 g/mol. The number of anilines is 1. The van der Waals surface area contributed by atoms with Crippen molar-refractivity contribution in [2.75, 3.05) is 5.73 Å². The topological polar surface area (TPSA) is 91.7 Å². The Balaban J connectivity index is 1.61. The van der Waals surface area contributed by atoms with Crippen LogP contribution < -0.4 is 10.5 Å². The number of para-hydroxylation sites is 3. The molecular formula is C20H14N6O. The second-order valence-electron chi connectivity index (χ2n) is 5.95. The quantitative estimate of drug-likeness (QED) is 0.531. The van der Waals surface area contributed by atoms with Gasteiger partial charge in [-0.15, -0.1) is 0 Å². The highest BCUT2D eigenvalue weighted by atomic mass is 16.5. The number of nitrogen functional groups attached to an aromatic ring is 1. The molecule has 2 aromatic carbocycles. The molecule has 0 saturated carbocycles. The first-order valence-corrected chi connectivity index (χ1v) is 8.36. The number of fused-ring (bicyclic) bond motifs is 2. The molecule has 0 saturated heterocycles. The number of benzene rings is 2. The van der Waals surface area contributed by atoms with Crippen LogP contribution >= 0.6 is 0 Å². The van der Waals surface area contributed by atoms with Crippen LogP contribution in [0.3, 0.4) is 0 Å². The summed E-state index contributed by atoms with van der Waals surface area (Å²) in [4.78, 5) is 17.3. The van der Waals surface area contributed by atoms with Crippen molar-refractivity contribution in [1.29, 1.82) is 0 Å². The second kappa shape index (κ2) is 6.06. The van der Waals surface area contributed by atoms with E-state index < -0.39 is 0 Å². The highest BCUT2D eigenvalue weighted by Crippen LogP contribution is 2.32. The molecule has 0 radical (unpaired) electrons. The summed E-state index contributed by atoms with van der Waals surface area (Å²) in [6.45, 7) is 0. The van der Waals surface area contributed by atoms with Crippen LogP contribution in [0.25, 0.3) is 27.8 Å². The zero-order chi connectivity index (χ0) is 18.2. The molecule has 0 unspecified atom stereocenters. The van der Waals surface area contributed by atoms with Gasteiger partial charge >= 0.3 is 0 Å². The van der Waals surface area contributed by atoms with E-state index in [0.29, 0.717) is 17.3 Å². The van der Waals surface area contributed by atoms with Gasteiger partial charge in [0.1, 0.15) is 23.9 Å². The lowest BCUT2D eigenvalue weighted by Gasteiger charge is -2.12. The van der Waals surface area contributed by atoms with Crippen LogP contribution in [0.4, 0.5) is 5.69 Å². The third kappa shape index (κ3) is 2.53. The molecule has 0 fully saturated rings. The molecule has 7 nitrogen and oxygen atoms in total. The van der Waals surface area contributed by atoms with Crippen molar-refractivity contribution in [1.82, 2.24) is 24.5 Å². The average molecular weight is 354 g/mol. The van der Waals surface area contributed by atoms with Gasteiger partial charge in [-0.1, -0.05) is 30.3 Å². The number of rotatable bonds is 3. The van der Waals surface area contributed by atoms with E-state index in [0.717, 1.165) is 21.9 Å². The number of hydrogen-bond donors (Lipinski definition) is 1. The van der Waals surface area contributed by atoms with Gasteiger partial charge in [-0.25, -0.2) is 9.97 Å². The van der Waals surface area contributed by atoms with Crippen molar-refractivity contribution in [3.8, 4) is 17.4 Å². The summed E-state index contributed by atoms with van der Waals surface area (Å²) < 4.78 is 7.82. The minimum atomic E-state index is 0.274. The maximum atomic E-state index is 6.34. The predicted molar refractivity (Wildman–Crippen MR) is 103 cm³/mol. The number of aromatic nitrogens is 5. The Morgan fingerprint density at radius 3 is 2.70 bits per heavy atom. The largest absolute Gasteiger partial charge is 0.435 e. The summed E-state index contributed by atoms with van der Waals surface area (Å²) in [5.41, 5.74) is 9.17. The van der Waals surface area contributed by atoms with E-state index >= 15 is 0 Å². The van der Waals surface area contributed by atoms with E-state index in [-0.39, 0.29) is 5.88 Å². The summed E-state index contributed by atoms with van der Waals surface area (Å²) in [5, 5.41) is 0.975. The van der Waals surface area contributed by atoms with Crippen LogP contribution in [0, 0.1) is 0 Å². The third-order valence-corrected chi connectivity index (χ3v) is 4.31. The molecule has 3 heterocycles. The van der Waals surface area contributed by atoms with Crippen LogP contribution in [-0.4, -0.2) is 24.5 Å². The van der Waals surface area contributed by atoms with Crippen molar-refractivity contribution in [3.05, 3.63) is 73.4 Å². The van der Waals surface area contributed by atoms with E-state index in [2.05, 4.69) is 19.9 Å². The third-order valence-electron chi connectivity index (χ3n) is 4.31. The monoisotopic (exact) mass is 354 g/mol. The maximum absolute atomic E-state index is 6.34. The van der Waals surface area contributed by atoms with E-state index in [1.165, 1.54) is 6.33 Å². The highest BCUT2D eigenvalue weighted by molar-refractivity contribution is 5.85. The van der Waals surface area contributed by atoms with E-state index in [9.17, 15) is 0 Å². The van der Waals surface area contributed by atoms with Gasteiger partial charge in [0.2, 0.25) is 5.88 Å². The molecule has 5 rings (SSSR count). The Labute approximate surface area is 154 Å². The van der Waals surface area contributed by atoms with Gasteiger partial charge < -0.3 is 10.5 Å². The number of ether oxygens (including phenoxy) is 1. The lowest BCUT2D eigenvalue weighted by molar-refractivity contribution is 0.468. The highest BCUT2D eigenvalue weighted by Gasteiger charge is 2.15. The number of hydrogen-bond acceptors (Lipinski definition) is 6. The summed E-state index contributed by atoms with van der Waals surface area (Å²) in [6.07, 6.45) is 4.84. The SMILES string of the molecule is Nc1c(Oc2cccc3cccnc23)ncnc1-n1cnc2ccccc21. The molecule has 3 aromatic heterocycles. The fraction of sp³-hybridized carbons (Fsp3) is 0. The van der Waals surface area contributed by atoms with E-state index in [1.54, 1.807) is 12.5 Å². The first-order chi connectivity index (χ1) is 13.3. The molecule has 0 spiro atoms. The Morgan fingerprint density at radius 1 is 0.852 bits per heavy atom. The molecule has 0 atom stereocenters. The number of nitrogens with zero attached hydrogens (tertiary/aromatic N) is 5. The average Bonchev–Trinajstić information content (AvgIpc) is 3.14. The normalized spacial score (nSPS) is 11.1.